The molecule has 1 aliphatic heterocycles. The summed E-state index contributed by atoms with van der Waals surface area (Å²) in [5.74, 6) is 0.0270. The smallest absolute Gasteiger partial charge is 0.267 e. The van der Waals surface area contributed by atoms with Crippen LogP contribution in [0.3, 0.4) is 0 Å². The minimum absolute atomic E-state index is 0.0270. The first-order chi connectivity index (χ1) is 8.58. The van der Waals surface area contributed by atoms with Gasteiger partial charge in [-0.05, 0) is 25.4 Å². The number of carbonyl (C=O) groups excluding carboxylic acids is 1. The maximum Gasteiger partial charge on any atom is 0.267 e. The zero-order valence-corrected chi connectivity index (χ0v) is 11.5. The molecule has 1 saturated heterocycles. The molecule has 7 heteroatoms. The summed E-state index contributed by atoms with van der Waals surface area (Å²) < 4.78 is 3.79. The van der Waals surface area contributed by atoms with Gasteiger partial charge in [0, 0.05) is 32.7 Å². The summed E-state index contributed by atoms with van der Waals surface area (Å²) in [6.07, 6.45) is -0.319. The highest BCUT2D eigenvalue weighted by Crippen LogP contribution is 2.14. The molecule has 0 aliphatic carbocycles. The summed E-state index contributed by atoms with van der Waals surface area (Å²) in [6.45, 7) is 7.27. The lowest BCUT2D eigenvalue weighted by molar-refractivity contribution is 0.0557. The zero-order valence-electron chi connectivity index (χ0n) is 10.7. The number of aromatic nitrogens is 2. The summed E-state index contributed by atoms with van der Waals surface area (Å²) in [5.41, 5.74) is 0.705. The minimum atomic E-state index is -0.319. The van der Waals surface area contributed by atoms with Crippen LogP contribution in [0.15, 0.2) is 0 Å². The van der Waals surface area contributed by atoms with E-state index in [1.54, 1.807) is 13.8 Å². The third-order valence-electron chi connectivity index (χ3n) is 3.03. The van der Waals surface area contributed by atoms with Gasteiger partial charge in [0.25, 0.3) is 5.91 Å². The highest BCUT2D eigenvalue weighted by Gasteiger charge is 2.25. The van der Waals surface area contributed by atoms with Crippen molar-refractivity contribution in [3.63, 3.8) is 0 Å². The van der Waals surface area contributed by atoms with E-state index in [0.29, 0.717) is 30.2 Å². The molecule has 0 saturated carbocycles. The number of nitrogens with zero attached hydrogens (tertiary/aromatic N) is 4. The molecule has 1 N–H and O–H groups in total. The summed E-state index contributed by atoms with van der Waals surface area (Å²) in [5, 5.41) is 13.2. The summed E-state index contributed by atoms with van der Waals surface area (Å²) >= 11 is 1.16. The predicted molar refractivity (Wildman–Crippen MR) is 68.7 cm³/mol. The van der Waals surface area contributed by atoms with E-state index in [0.717, 1.165) is 24.6 Å². The number of carbonyl (C=O) groups is 1. The van der Waals surface area contributed by atoms with Crippen LogP contribution in [0.2, 0.25) is 0 Å². The molecule has 0 unspecified atom stereocenters. The molecule has 0 radical (unpaired) electrons. The molecule has 1 aromatic rings. The van der Waals surface area contributed by atoms with Crippen LogP contribution >= 0.6 is 11.5 Å². The Morgan fingerprint density at radius 2 is 2.11 bits per heavy atom. The van der Waals surface area contributed by atoms with Gasteiger partial charge >= 0.3 is 0 Å². The number of hydrogen-bond donors (Lipinski definition) is 1. The van der Waals surface area contributed by atoms with E-state index in [4.69, 9.17) is 0 Å². The van der Waals surface area contributed by atoms with Crippen molar-refractivity contribution < 1.29 is 9.90 Å². The van der Waals surface area contributed by atoms with Crippen molar-refractivity contribution in [2.45, 2.75) is 20.0 Å². The first kappa shape index (κ1) is 13.4. The van der Waals surface area contributed by atoms with Crippen LogP contribution in [-0.4, -0.2) is 69.2 Å². The second-order valence-corrected chi connectivity index (χ2v) is 5.38. The van der Waals surface area contributed by atoms with Gasteiger partial charge in [-0.1, -0.05) is 4.49 Å². The van der Waals surface area contributed by atoms with Gasteiger partial charge < -0.3 is 10.0 Å². The minimum Gasteiger partial charge on any atom is -0.392 e. The highest BCUT2D eigenvalue weighted by molar-refractivity contribution is 7.07. The molecule has 2 rings (SSSR count). The van der Waals surface area contributed by atoms with Gasteiger partial charge in [0.05, 0.1) is 11.8 Å². The van der Waals surface area contributed by atoms with Gasteiger partial charge in [-0.15, -0.1) is 5.10 Å². The fraction of sp³-hybridized carbons (Fsp3) is 0.727. The van der Waals surface area contributed by atoms with Crippen molar-refractivity contribution in [2.75, 3.05) is 32.7 Å². The van der Waals surface area contributed by atoms with Crippen LogP contribution in [-0.2, 0) is 0 Å². The first-order valence-electron chi connectivity index (χ1n) is 6.06. The molecule has 1 aromatic heterocycles. The first-order valence-corrected chi connectivity index (χ1v) is 6.84. The standard InChI is InChI=1S/C11H18N4O2S/c1-8(16)7-14-3-5-15(6-4-14)11(17)10-9(2)12-13-18-10/h8,16H,3-7H2,1-2H3/t8-/m0/s1. The zero-order chi connectivity index (χ0) is 13.1. The molecule has 1 fully saturated rings. The van der Waals surface area contributed by atoms with Gasteiger partial charge in [0.1, 0.15) is 4.88 Å². The molecular formula is C11H18N4O2S. The lowest BCUT2D eigenvalue weighted by atomic mass is 10.2. The monoisotopic (exact) mass is 270 g/mol. The van der Waals surface area contributed by atoms with Crippen molar-refractivity contribution in [1.82, 2.24) is 19.4 Å². The van der Waals surface area contributed by atoms with E-state index in [9.17, 15) is 9.90 Å². The molecule has 1 aliphatic rings. The average molecular weight is 270 g/mol. The molecule has 0 aromatic carbocycles. The lowest BCUT2D eigenvalue weighted by Crippen LogP contribution is -2.50. The Balaban J connectivity index is 1.90. The number of rotatable bonds is 3. The number of hydrogen-bond acceptors (Lipinski definition) is 6. The quantitative estimate of drug-likeness (QED) is 0.836. The van der Waals surface area contributed by atoms with Gasteiger partial charge in [0.2, 0.25) is 0 Å². The van der Waals surface area contributed by atoms with E-state index >= 15 is 0 Å². The summed E-state index contributed by atoms with van der Waals surface area (Å²) in [6, 6.07) is 0. The molecule has 0 bridgehead atoms. The lowest BCUT2D eigenvalue weighted by Gasteiger charge is -2.35. The van der Waals surface area contributed by atoms with Crippen LogP contribution in [0.5, 0.6) is 0 Å². The maximum absolute atomic E-state index is 12.2. The fourth-order valence-corrected chi connectivity index (χ4v) is 2.70. The Hall–Kier alpha value is -1.05. The van der Waals surface area contributed by atoms with Gasteiger partial charge in [0.15, 0.2) is 0 Å². The maximum atomic E-state index is 12.2. The molecule has 1 atom stereocenters. The van der Waals surface area contributed by atoms with Gasteiger partial charge in [-0.25, -0.2) is 0 Å². The Morgan fingerprint density at radius 3 is 2.61 bits per heavy atom. The number of piperazine rings is 1. The van der Waals surface area contributed by atoms with Crippen molar-refractivity contribution in [3.8, 4) is 0 Å². The second kappa shape index (κ2) is 5.73. The second-order valence-electron chi connectivity index (χ2n) is 4.63. The normalized spacial score (nSPS) is 18.9. The van der Waals surface area contributed by atoms with Gasteiger partial charge in [-0.2, -0.15) is 0 Å². The molecule has 0 spiro atoms. The number of aryl methyl sites for hydroxylation is 1. The van der Waals surface area contributed by atoms with E-state index in [1.807, 2.05) is 4.90 Å². The SMILES string of the molecule is Cc1nnsc1C(=O)N1CCN(C[C@H](C)O)CC1. The van der Waals surface area contributed by atoms with Crippen molar-refractivity contribution in [1.29, 1.82) is 0 Å². The molecule has 6 nitrogen and oxygen atoms in total. The summed E-state index contributed by atoms with van der Waals surface area (Å²) in [7, 11) is 0. The van der Waals surface area contributed by atoms with Crippen LogP contribution in [0, 0.1) is 6.92 Å². The average Bonchev–Trinajstić information content (AvgIpc) is 2.75. The van der Waals surface area contributed by atoms with E-state index in [2.05, 4.69) is 14.5 Å². The van der Waals surface area contributed by atoms with E-state index in [-0.39, 0.29) is 12.0 Å². The van der Waals surface area contributed by atoms with E-state index in [1.165, 1.54) is 0 Å². The number of aliphatic hydroxyl groups is 1. The van der Waals surface area contributed by atoms with Crippen LogP contribution in [0.4, 0.5) is 0 Å². The Labute approximate surface area is 110 Å². The van der Waals surface area contributed by atoms with Crippen molar-refractivity contribution in [2.24, 2.45) is 0 Å². The Morgan fingerprint density at radius 1 is 1.44 bits per heavy atom. The number of amides is 1. The van der Waals surface area contributed by atoms with Crippen LogP contribution in [0.25, 0.3) is 0 Å². The van der Waals surface area contributed by atoms with Gasteiger partial charge in [-0.3, -0.25) is 9.69 Å². The predicted octanol–water partition coefficient (Wildman–Crippen LogP) is -0.0149. The Kier molecular flexibility index (Phi) is 4.26. The third-order valence-corrected chi connectivity index (χ3v) is 3.84. The molecule has 2 heterocycles. The fourth-order valence-electron chi connectivity index (χ4n) is 2.08. The molecule has 100 valence electrons. The molecule has 1 amide bonds. The number of aliphatic hydroxyl groups excluding tert-OH is 1. The molecule has 18 heavy (non-hydrogen) atoms. The molecular weight excluding hydrogens is 252 g/mol. The van der Waals surface area contributed by atoms with E-state index < -0.39 is 0 Å². The number of β-amino-alcohol motifs (C(OH)–C–C–N with tert-alkyl or cyclic N) is 1. The van der Waals surface area contributed by atoms with Crippen molar-refractivity contribution in [3.05, 3.63) is 10.6 Å². The third kappa shape index (κ3) is 3.04. The van der Waals surface area contributed by atoms with Crippen LogP contribution in [0.1, 0.15) is 22.3 Å². The highest BCUT2D eigenvalue weighted by atomic mass is 32.1. The Bertz CT molecular complexity index is 413. The van der Waals surface area contributed by atoms with Crippen LogP contribution < -0.4 is 0 Å². The van der Waals surface area contributed by atoms with Crippen molar-refractivity contribution >= 4 is 17.4 Å². The largest absolute Gasteiger partial charge is 0.392 e. The topological polar surface area (TPSA) is 69.6 Å². The summed E-state index contributed by atoms with van der Waals surface area (Å²) in [4.78, 5) is 16.8.